The van der Waals surface area contributed by atoms with Crippen LogP contribution >= 0.6 is 15.6 Å². The van der Waals surface area contributed by atoms with Crippen LogP contribution in [0.15, 0.2) is 0 Å². The highest BCUT2D eigenvalue weighted by molar-refractivity contribution is 7.47. The maximum atomic E-state index is 13.0. The van der Waals surface area contributed by atoms with Crippen molar-refractivity contribution in [3.63, 3.8) is 0 Å². The Bertz CT molecular complexity index is 1630. The van der Waals surface area contributed by atoms with Gasteiger partial charge in [-0.3, -0.25) is 37.3 Å². The van der Waals surface area contributed by atoms with Crippen LogP contribution in [-0.2, 0) is 65.4 Å². The van der Waals surface area contributed by atoms with E-state index in [4.69, 9.17) is 37.0 Å². The van der Waals surface area contributed by atoms with E-state index in [1.807, 2.05) is 0 Å². The molecule has 0 aromatic heterocycles. The Balaban J connectivity index is 5.25. The van der Waals surface area contributed by atoms with Crippen molar-refractivity contribution >= 4 is 39.5 Å². The topological polar surface area (TPSA) is 237 Å². The maximum absolute atomic E-state index is 13.0. The number of phosphoric acid groups is 2. The van der Waals surface area contributed by atoms with Crippen LogP contribution in [0, 0.1) is 17.8 Å². The van der Waals surface area contributed by atoms with Crippen LogP contribution < -0.4 is 0 Å². The van der Waals surface area contributed by atoms with E-state index in [1.54, 1.807) is 0 Å². The fraction of sp³-hybridized carbons (Fsp3) is 0.937. The van der Waals surface area contributed by atoms with Crippen LogP contribution in [0.5, 0.6) is 0 Å². The van der Waals surface area contributed by atoms with Gasteiger partial charge in [0, 0.05) is 25.7 Å². The van der Waals surface area contributed by atoms with Crippen molar-refractivity contribution in [2.75, 3.05) is 39.6 Å². The zero-order chi connectivity index (χ0) is 61.0. The van der Waals surface area contributed by atoms with Gasteiger partial charge in [-0.25, -0.2) is 9.13 Å². The van der Waals surface area contributed by atoms with Gasteiger partial charge in [0.2, 0.25) is 0 Å². The lowest BCUT2D eigenvalue weighted by Crippen LogP contribution is -2.30. The molecule has 19 heteroatoms. The molecule has 0 aliphatic carbocycles. The average molecular weight is 1210 g/mol. The van der Waals surface area contributed by atoms with Crippen LogP contribution in [0.1, 0.15) is 305 Å². The number of unbranched alkanes of at least 4 members (excludes halogenated alkanes) is 29. The lowest BCUT2D eigenvalue weighted by molar-refractivity contribution is -0.161. The largest absolute Gasteiger partial charge is 0.472 e. The number of carbonyl (C=O) groups is 4. The molecular formula is C63H122O17P2. The Hall–Kier alpha value is -1.94. The number of ether oxygens (including phenoxy) is 4. The predicted octanol–water partition coefficient (Wildman–Crippen LogP) is 17.1. The Morgan fingerprint density at radius 1 is 0.329 bits per heavy atom. The molecular weight excluding hydrogens is 1090 g/mol. The van der Waals surface area contributed by atoms with Gasteiger partial charge >= 0.3 is 39.5 Å². The molecule has 0 fully saturated rings. The molecule has 82 heavy (non-hydrogen) atoms. The molecule has 17 nitrogen and oxygen atoms in total. The molecule has 0 aromatic rings. The van der Waals surface area contributed by atoms with Gasteiger partial charge in [0.05, 0.1) is 26.4 Å². The second-order valence-electron chi connectivity index (χ2n) is 24.2. The Morgan fingerprint density at radius 2 is 0.561 bits per heavy atom. The van der Waals surface area contributed by atoms with Gasteiger partial charge in [0.25, 0.3) is 0 Å². The average Bonchev–Trinajstić information content (AvgIpc) is 3.42. The van der Waals surface area contributed by atoms with E-state index in [0.717, 1.165) is 108 Å². The van der Waals surface area contributed by atoms with Crippen LogP contribution in [0.3, 0.4) is 0 Å². The highest BCUT2D eigenvalue weighted by atomic mass is 31.2. The molecule has 0 saturated heterocycles. The van der Waals surface area contributed by atoms with Crippen molar-refractivity contribution in [3.8, 4) is 0 Å². The summed E-state index contributed by atoms with van der Waals surface area (Å²) in [6, 6.07) is 0. The molecule has 3 N–H and O–H groups in total. The van der Waals surface area contributed by atoms with Gasteiger partial charge in [0.15, 0.2) is 12.2 Å². The molecule has 0 rings (SSSR count). The van der Waals surface area contributed by atoms with E-state index in [9.17, 15) is 43.2 Å². The number of phosphoric ester groups is 2. The van der Waals surface area contributed by atoms with Crippen molar-refractivity contribution < 1.29 is 80.2 Å². The normalized spacial score (nSPS) is 14.4. The van der Waals surface area contributed by atoms with Gasteiger partial charge in [-0.2, -0.15) is 0 Å². The summed E-state index contributed by atoms with van der Waals surface area (Å²) in [7, 11) is -9.88. The van der Waals surface area contributed by atoms with Crippen molar-refractivity contribution in [2.45, 2.75) is 324 Å². The molecule has 2 unspecified atom stereocenters. The summed E-state index contributed by atoms with van der Waals surface area (Å²) in [6.45, 7) is 11.6. The highest BCUT2D eigenvalue weighted by Gasteiger charge is 2.30. The van der Waals surface area contributed by atoms with E-state index < -0.39 is 97.5 Å². The molecule has 486 valence electrons. The first kappa shape index (κ1) is 80.1. The minimum atomic E-state index is -4.94. The minimum absolute atomic E-state index is 0.104. The van der Waals surface area contributed by atoms with E-state index in [0.29, 0.717) is 31.6 Å². The van der Waals surface area contributed by atoms with E-state index >= 15 is 0 Å². The van der Waals surface area contributed by atoms with E-state index in [1.165, 1.54) is 109 Å². The van der Waals surface area contributed by atoms with Gasteiger partial charge < -0.3 is 33.8 Å². The number of hydrogen-bond acceptors (Lipinski definition) is 15. The zero-order valence-corrected chi connectivity index (χ0v) is 54.7. The van der Waals surface area contributed by atoms with Gasteiger partial charge in [0.1, 0.15) is 19.3 Å². The highest BCUT2D eigenvalue weighted by Crippen LogP contribution is 2.45. The summed E-state index contributed by atoms with van der Waals surface area (Å²) in [5, 5.41) is 10.5. The molecule has 0 amide bonds. The second kappa shape index (κ2) is 54.5. The van der Waals surface area contributed by atoms with Gasteiger partial charge in [-0.05, 0) is 43.4 Å². The van der Waals surface area contributed by atoms with Crippen LogP contribution in [-0.4, -0.2) is 96.7 Å². The predicted molar refractivity (Wildman–Crippen MR) is 326 cm³/mol. The van der Waals surface area contributed by atoms with Crippen molar-refractivity contribution in [3.05, 3.63) is 0 Å². The van der Waals surface area contributed by atoms with Crippen molar-refractivity contribution in [2.24, 2.45) is 17.8 Å². The smallest absolute Gasteiger partial charge is 0.462 e. The maximum Gasteiger partial charge on any atom is 0.472 e. The van der Waals surface area contributed by atoms with Gasteiger partial charge in [-0.1, -0.05) is 254 Å². The van der Waals surface area contributed by atoms with Crippen molar-refractivity contribution in [1.82, 2.24) is 0 Å². The number of rotatable bonds is 61. The van der Waals surface area contributed by atoms with Crippen LogP contribution in [0.4, 0.5) is 0 Å². The first-order chi connectivity index (χ1) is 39.2. The number of esters is 4. The summed E-state index contributed by atoms with van der Waals surface area (Å²) < 4.78 is 67.9. The van der Waals surface area contributed by atoms with Crippen LogP contribution in [0.2, 0.25) is 0 Å². The zero-order valence-electron chi connectivity index (χ0n) is 52.9. The van der Waals surface area contributed by atoms with Crippen LogP contribution in [0.25, 0.3) is 0 Å². The quantitative estimate of drug-likeness (QED) is 0.0222. The number of aliphatic hydroxyl groups is 1. The number of hydrogen-bond donors (Lipinski definition) is 3. The van der Waals surface area contributed by atoms with E-state index in [-0.39, 0.29) is 25.7 Å². The molecule has 0 aromatic carbocycles. The molecule has 0 bridgehead atoms. The number of carbonyl (C=O) groups excluding carboxylic acids is 4. The third-order valence-corrected chi connectivity index (χ3v) is 16.3. The molecule has 0 radical (unpaired) electrons. The van der Waals surface area contributed by atoms with E-state index in [2.05, 4.69) is 48.5 Å². The molecule has 0 aliphatic rings. The summed E-state index contributed by atoms with van der Waals surface area (Å²) in [6.07, 6.45) is 35.0. The molecule has 0 aliphatic heterocycles. The lowest BCUT2D eigenvalue weighted by Gasteiger charge is -2.21. The third kappa shape index (κ3) is 57.2. The van der Waals surface area contributed by atoms with Gasteiger partial charge in [-0.15, -0.1) is 0 Å². The summed E-state index contributed by atoms with van der Waals surface area (Å²) in [4.78, 5) is 72.1. The molecule has 0 saturated carbocycles. The summed E-state index contributed by atoms with van der Waals surface area (Å²) >= 11 is 0. The monoisotopic (exact) mass is 1210 g/mol. The fourth-order valence-electron chi connectivity index (χ4n) is 9.30. The summed E-state index contributed by atoms with van der Waals surface area (Å²) in [5.74, 6) is 0.00304. The lowest BCUT2D eigenvalue weighted by atomic mass is 10.0. The third-order valence-electron chi connectivity index (χ3n) is 14.4. The SMILES string of the molecule is CCCCCCCCCCCCC(=O)O[C@H](COC(=O)CCCCCCCCC(C)C)COP(=O)(O)OC[C@H](O)COP(=O)(O)OC[C@@H](COC(=O)CCCCCCCCCCC(C)C)OC(=O)CCCCCCCCCCCC(C)C. The first-order valence-electron chi connectivity index (χ1n) is 32.8. The Morgan fingerprint density at radius 3 is 0.829 bits per heavy atom. The molecule has 0 heterocycles. The molecule has 5 atom stereocenters. The standard InChI is InChI=1S/C63H122O17P2/c1-8-9-10-11-12-13-16-23-32-39-46-62(67)80-59(51-74-61(66)45-38-31-26-25-29-36-43-56(6)7)53-78-82(71,72)76-49-57(64)48-75-81(69,70)77-52-58(50-73-60(65)44-37-30-22-19-18-21-28-35-42-55(4)5)79-63(68)47-40-33-24-17-14-15-20-27-34-41-54(2)3/h54-59,64H,8-53H2,1-7H3,(H,69,70)(H,71,72)/t57-,58-,59-/m1/s1. The molecule has 0 spiro atoms. The minimum Gasteiger partial charge on any atom is -0.462 e. The fourth-order valence-corrected chi connectivity index (χ4v) is 10.9. The Kier molecular flexibility index (Phi) is 53.2. The number of aliphatic hydroxyl groups excluding tert-OH is 1. The first-order valence-corrected chi connectivity index (χ1v) is 35.8. The van der Waals surface area contributed by atoms with Crippen molar-refractivity contribution in [1.29, 1.82) is 0 Å². The Labute approximate surface area is 498 Å². The summed E-state index contributed by atoms with van der Waals surface area (Å²) in [5.41, 5.74) is 0. The second-order valence-corrected chi connectivity index (χ2v) is 27.1.